The van der Waals surface area contributed by atoms with E-state index in [-0.39, 0.29) is 12.5 Å². The van der Waals surface area contributed by atoms with Crippen LogP contribution in [0.25, 0.3) is 0 Å². The second-order valence-electron chi connectivity index (χ2n) is 5.87. The van der Waals surface area contributed by atoms with Crippen molar-refractivity contribution < 1.29 is 14.6 Å². The van der Waals surface area contributed by atoms with Gasteiger partial charge in [-0.15, -0.1) is 0 Å². The van der Waals surface area contributed by atoms with Crippen molar-refractivity contribution in [2.75, 3.05) is 19.8 Å². The Kier molecular flexibility index (Phi) is 5.01. The summed E-state index contributed by atoms with van der Waals surface area (Å²) in [6.07, 6.45) is 8.59. The maximum atomic E-state index is 11.6. The molecular formula is C14H25NO3. The summed E-state index contributed by atoms with van der Waals surface area (Å²) in [6.45, 7) is 1.21. The number of carbonyl (C=O) groups is 1. The molecule has 4 nitrogen and oxygen atoms in total. The highest BCUT2D eigenvalue weighted by molar-refractivity contribution is 5.77. The molecule has 0 spiro atoms. The summed E-state index contributed by atoms with van der Waals surface area (Å²) in [5.74, 6) is 0.581. The van der Waals surface area contributed by atoms with Crippen LogP contribution in [0.5, 0.6) is 0 Å². The number of carbonyl (C=O) groups excluding carboxylic acids is 1. The van der Waals surface area contributed by atoms with Crippen LogP contribution in [0.2, 0.25) is 0 Å². The molecule has 18 heavy (non-hydrogen) atoms. The molecule has 4 heteroatoms. The lowest BCUT2D eigenvalue weighted by atomic mass is 9.94. The zero-order valence-electron chi connectivity index (χ0n) is 11.1. The third kappa shape index (κ3) is 4.94. The number of nitrogens with one attached hydrogen (secondary N) is 1. The van der Waals surface area contributed by atoms with Crippen molar-refractivity contribution in [3.8, 4) is 0 Å². The van der Waals surface area contributed by atoms with Gasteiger partial charge in [0.05, 0.1) is 12.2 Å². The summed E-state index contributed by atoms with van der Waals surface area (Å²) in [7, 11) is 0. The van der Waals surface area contributed by atoms with Gasteiger partial charge in [0.2, 0.25) is 5.91 Å². The lowest BCUT2D eigenvalue weighted by molar-refractivity contribution is -0.127. The van der Waals surface area contributed by atoms with Gasteiger partial charge >= 0.3 is 0 Å². The van der Waals surface area contributed by atoms with E-state index in [4.69, 9.17) is 4.74 Å². The molecule has 2 aliphatic carbocycles. The highest BCUT2D eigenvalue weighted by Crippen LogP contribution is 2.28. The van der Waals surface area contributed by atoms with Gasteiger partial charge in [0.1, 0.15) is 6.61 Å². The third-order valence-electron chi connectivity index (χ3n) is 3.93. The molecule has 0 heterocycles. The highest BCUT2D eigenvalue weighted by Gasteiger charge is 2.28. The van der Waals surface area contributed by atoms with E-state index in [2.05, 4.69) is 5.32 Å². The zero-order valence-corrected chi connectivity index (χ0v) is 11.1. The Morgan fingerprint density at radius 2 is 1.89 bits per heavy atom. The number of rotatable bonds is 6. The van der Waals surface area contributed by atoms with E-state index in [1.807, 2.05) is 0 Å². The standard InChI is InChI=1S/C14H25NO3/c16-13(10-18-9-12-5-6-12)15-11-14(17)7-3-1-2-4-8-14/h12,17H,1-11H2,(H,15,16). The number of ether oxygens (including phenoxy) is 1. The average Bonchev–Trinajstić information content (AvgIpc) is 3.16. The minimum absolute atomic E-state index is 0.103. The van der Waals surface area contributed by atoms with E-state index in [1.54, 1.807) is 0 Å². The lowest BCUT2D eigenvalue weighted by Gasteiger charge is -2.26. The number of hydrogen-bond donors (Lipinski definition) is 2. The Labute approximate surface area is 109 Å². The summed E-state index contributed by atoms with van der Waals surface area (Å²) in [6, 6.07) is 0. The second kappa shape index (κ2) is 6.53. The predicted molar refractivity (Wildman–Crippen MR) is 69.2 cm³/mol. The Balaban J connectivity index is 1.60. The van der Waals surface area contributed by atoms with Gasteiger partial charge in [-0.3, -0.25) is 4.79 Å². The van der Waals surface area contributed by atoms with Crippen LogP contribution in [0, 0.1) is 5.92 Å². The van der Waals surface area contributed by atoms with E-state index < -0.39 is 5.60 Å². The fourth-order valence-electron chi connectivity index (χ4n) is 2.48. The molecule has 1 amide bonds. The van der Waals surface area contributed by atoms with Crippen molar-refractivity contribution in [3.05, 3.63) is 0 Å². The normalized spacial score (nSPS) is 23.4. The molecule has 2 saturated carbocycles. The topological polar surface area (TPSA) is 58.6 Å². The molecule has 2 N–H and O–H groups in total. The largest absolute Gasteiger partial charge is 0.388 e. The van der Waals surface area contributed by atoms with E-state index >= 15 is 0 Å². The second-order valence-corrected chi connectivity index (χ2v) is 5.87. The maximum Gasteiger partial charge on any atom is 0.246 e. The summed E-state index contributed by atoms with van der Waals surface area (Å²) < 4.78 is 5.32. The van der Waals surface area contributed by atoms with Crippen LogP contribution < -0.4 is 5.32 Å². The molecule has 2 aliphatic rings. The molecule has 0 radical (unpaired) electrons. The summed E-state index contributed by atoms with van der Waals surface area (Å²) in [4.78, 5) is 11.6. The Hall–Kier alpha value is -0.610. The Bertz CT molecular complexity index is 268. The van der Waals surface area contributed by atoms with Crippen LogP contribution in [0.1, 0.15) is 51.4 Å². The van der Waals surface area contributed by atoms with Crippen molar-refractivity contribution in [1.29, 1.82) is 0 Å². The van der Waals surface area contributed by atoms with Crippen LogP contribution in [0.15, 0.2) is 0 Å². The average molecular weight is 255 g/mol. The van der Waals surface area contributed by atoms with E-state index in [0.717, 1.165) is 25.7 Å². The number of amides is 1. The Morgan fingerprint density at radius 3 is 2.50 bits per heavy atom. The lowest BCUT2D eigenvalue weighted by Crippen LogP contribution is -2.43. The molecule has 104 valence electrons. The smallest absolute Gasteiger partial charge is 0.246 e. The van der Waals surface area contributed by atoms with E-state index in [9.17, 15) is 9.90 Å². The SMILES string of the molecule is O=C(COCC1CC1)NCC1(O)CCCCCC1. The summed E-state index contributed by atoms with van der Waals surface area (Å²) >= 11 is 0. The Morgan fingerprint density at radius 1 is 1.22 bits per heavy atom. The quantitative estimate of drug-likeness (QED) is 0.709. The predicted octanol–water partition coefficient (Wildman–Crippen LogP) is 1.61. The molecule has 0 atom stereocenters. The van der Waals surface area contributed by atoms with E-state index in [1.165, 1.54) is 25.7 Å². The number of aliphatic hydroxyl groups is 1. The van der Waals surface area contributed by atoms with Gasteiger partial charge < -0.3 is 15.2 Å². The highest BCUT2D eigenvalue weighted by atomic mass is 16.5. The first-order chi connectivity index (χ1) is 8.68. The first-order valence-electron chi connectivity index (χ1n) is 7.25. The fourth-order valence-corrected chi connectivity index (χ4v) is 2.48. The van der Waals surface area contributed by atoms with Crippen molar-refractivity contribution >= 4 is 5.91 Å². The van der Waals surface area contributed by atoms with Crippen molar-refractivity contribution in [1.82, 2.24) is 5.32 Å². The first-order valence-corrected chi connectivity index (χ1v) is 7.25. The summed E-state index contributed by atoms with van der Waals surface area (Å²) in [5.41, 5.74) is -0.692. The fraction of sp³-hybridized carbons (Fsp3) is 0.929. The van der Waals surface area contributed by atoms with Crippen LogP contribution in [-0.2, 0) is 9.53 Å². The van der Waals surface area contributed by atoms with Gasteiger partial charge in [0, 0.05) is 6.54 Å². The van der Waals surface area contributed by atoms with Crippen LogP contribution in [-0.4, -0.2) is 36.4 Å². The molecule has 0 bridgehead atoms. The number of hydrogen-bond acceptors (Lipinski definition) is 3. The molecule has 0 aromatic rings. The van der Waals surface area contributed by atoms with Crippen LogP contribution in [0.4, 0.5) is 0 Å². The molecule has 0 unspecified atom stereocenters. The first kappa shape index (κ1) is 13.8. The van der Waals surface area contributed by atoms with Gasteiger partial charge in [-0.05, 0) is 31.6 Å². The van der Waals surface area contributed by atoms with Crippen LogP contribution >= 0.6 is 0 Å². The minimum Gasteiger partial charge on any atom is -0.388 e. The minimum atomic E-state index is -0.692. The molecule has 0 aromatic heterocycles. The van der Waals surface area contributed by atoms with Crippen molar-refractivity contribution in [2.24, 2.45) is 5.92 Å². The molecule has 0 aliphatic heterocycles. The summed E-state index contributed by atoms with van der Waals surface area (Å²) in [5, 5.41) is 13.2. The molecule has 2 rings (SSSR count). The van der Waals surface area contributed by atoms with Crippen LogP contribution in [0.3, 0.4) is 0 Å². The van der Waals surface area contributed by atoms with Crippen molar-refractivity contribution in [3.63, 3.8) is 0 Å². The molecule has 0 aromatic carbocycles. The van der Waals surface area contributed by atoms with Gasteiger partial charge in [-0.1, -0.05) is 25.7 Å². The molecule has 2 fully saturated rings. The van der Waals surface area contributed by atoms with Gasteiger partial charge in [-0.25, -0.2) is 0 Å². The van der Waals surface area contributed by atoms with Gasteiger partial charge in [-0.2, -0.15) is 0 Å². The van der Waals surface area contributed by atoms with Gasteiger partial charge in [0.15, 0.2) is 0 Å². The van der Waals surface area contributed by atoms with Crippen molar-refractivity contribution in [2.45, 2.75) is 57.0 Å². The van der Waals surface area contributed by atoms with E-state index in [0.29, 0.717) is 19.1 Å². The molecule has 0 saturated heterocycles. The zero-order chi connectivity index (χ0) is 12.8. The third-order valence-corrected chi connectivity index (χ3v) is 3.93. The monoisotopic (exact) mass is 255 g/mol. The maximum absolute atomic E-state index is 11.6. The van der Waals surface area contributed by atoms with Gasteiger partial charge in [0.25, 0.3) is 0 Å². The molecular weight excluding hydrogens is 230 g/mol.